The molecule has 0 bridgehead atoms. The van der Waals surface area contributed by atoms with Gasteiger partial charge in [0.1, 0.15) is 18.5 Å². The Kier molecular flexibility index (Phi) is 4.78. The minimum absolute atomic E-state index is 0.0351. The van der Waals surface area contributed by atoms with E-state index in [1.165, 1.54) is 0 Å². The molecule has 1 aromatic carbocycles. The van der Waals surface area contributed by atoms with Crippen LogP contribution in [0.4, 0.5) is 0 Å². The predicted molar refractivity (Wildman–Crippen MR) is 81.5 cm³/mol. The largest absolute Gasteiger partial charge is 0.491 e. The van der Waals surface area contributed by atoms with Crippen LogP contribution in [0.3, 0.4) is 0 Å². The van der Waals surface area contributed by atoms with Gasteiger partial charge in [0.2, 0.25) is 0 Å². The molecule has 0 amide bonds. The molecule has 2 heterocycles. The quantitative estimate of drug-likeness (QED) is 0.925. The van der Waals surface area contributed by atoms with E-state index in [4.69, 9.17) is 9.47 Å². The highest BCUT2D eigenvalue weighted by atomic mass is 16.5. The minimum Gasteiger partial charge on any atom is -0.491 e. The standard InChI is InChI=1S/C17H25NO3/c1-2-10-20-13-6-5-9-18(11-13)15-12-21-16-8-4-3-7-14(16)17(15)19/h3-4,7-8,13,15,17,19H,2,5-6,9-12H2,1H3. The lowest BCUT2D eigenvalue weighted by molar-refractivity contribution is -0.0537. The fraction of sp³-hybridized carbons (Fsp3) is 0.647. The average molecular weight is 291 g/mol. The molecule has 2 aliphatic heterocycles. The summed E-state index contributed by atoms with van der Waals surface area (Å²) in [5, 5.41) is 10.7. The summed E-state index contributed by atoms with van der Waals surface area (Å²) in [5.41, 5.74) is 0.908. The predicted octanol–water partition coefficient (Wildman–Crippen LogP) is 2.37. The van der Waals surface area contributed by atoms with E-state index in [-0.39, 0.29) is 6.04 Å². The molecule has 21 heavy (non-hydrogen) atoms. The molecule has 4 nitrogen and oxygen atoms in total. The number of piperidine rings is 1. The van der Waals surface area contributed by atoms with Crippen LogP contribution in [0, 0.1) is 0 Å². The van der Waals surface area contributed by atoms with Crippen LogP contribution >= 0.6 is 0 Å². The van der Waals surface area contributed by atoms with Gasteiger partial charge in [0, 0.05) is 18.7 Å². The van der Waals surface area contributed by atoms with Crippen LogP contribution in [0.25, 0.3) is 0 Å². The maximum absolute atomic E-state index is 10.7. The van der Waals surface area contributed by atoms with Crippen LogP contribution in [-0.4, -0.2) is 48.5 Å². The maximum Gasteiger partial charge on any atom is 0.125 e. The molecule has 1 saturated heterocycles. The van der Waals surface area contributed by atoms with E-state index in [0.29, 0.717) is 12.7 Å². The summed E-state index contributed by atoms with van der Waals surface area (Å²) < 4.78 is 11.7. The van der Waals surface area contributed by atoms with Gasteiger partial charge >= 0.3 is 0 Å². The number of nitrogens with zero attached hydrogens (tertiary/aromatic N) is 1. The highest BCUT2D eigenvalue weighted by Gasteiger charge is 2.35. The molecule has 0 radical (unpaired) electrons. The molecule has 0 aromatic heterocycles. The minimum atomic E-state index is -0.472. The summed E-state index contributed by atoms with van der Waals surface area (Å²) in [6, 6.07) is 7.82. The molecule has 1 N–H and O–H groups in total. The first-order chi connectivity index (χ1) is 10.3. The third-order valence-corrected chi connectivity index (χ3v) is 4.45. The van der Waals surface area contributed by atoms with Crippen molar-refractivity contribution in [3.63, 3.8) is 0 Å². The number of aliphatic hydroxyl groups is 1. The van der Waals surface area contributed by atoms with Crippen LogP contribution in [0.15, 0.2) is 24.3 Å². The molecule has 2 aliphatic rings. The van der Waals surface area contributed by atoms with Crippen molar-refractivity contribution in [3.05, 3.63) is 29.8 Å². The number of hydrogen-bond donors (Lipinski definition) is 1. The molecule has 0 saturated carbocycles. The Bertz CT molecular complexity index is 465. The third-order valence-electron chi connectivity index (χ3n) is 4.45. The van der Waals surface area contributed by atoms with Gasteiger partial charge in [0.15, 0.2) is 0 Å². The van der Waals surface area contributed by atoms with Crippen molar-refractivity contribution < 1.29 is 14.6 Å². The van der Waals surface area contributed by atoms with E-state index >= 15 is 0 Å². The normalized spacial score (nSPS) is 29.7. The van der Waals surface area contributed by atoms with E-state index in [2.05, 4.69) is 11.8 Å². The number of hydrogen-bond acceptors (Lipinski definition) is 4. The van der Waals surface area contributed by atoms with Crippen molar-refractivity contribution in [2.75, 3.05) is 26.3 Å². The van der Waals surface area contributed by atoms with Crippen LogP contribution in [-0.2, 0) is 4.74 Å². The van der Waals surface area contributed by atoms with Crippen molar-refractivity contribution in [3.8, 4) is 5.75 Å². The molecule has 4 heteroatoms. The smallest absolute Gasteiger partial charge is 0.125 e. The van der Waals surface area contributed by atoms with Gasteiger partial charge in [-0.05, 0) is 31.9 Å². The Morgan fingerprint density at radius 2 is 2.24 bits per heavy atom. The second kappa shape index (κ2) is 6.77. The molecule has 3 unspecified atom stereocenters. The van der Waals surface area contributed by atoms with Crippen molar-refractivity contribution in [2.45, 2.75) is 44.4 Å². The number of fused-ring (bicyclic) bond motifs is 1. The summed E-state index contributed by atoms with van der Waals surface area (Å²) in [5.74, 6) is 0.817. The van der Waals surface area contributed by atoms with Gasteiger partial charge in [0.05, 0.1) is 12.1 Å². The lowest BCUT2D eigenvalue weighted by Crippen LogP contribution is -2.51. The lowest BCUT2D eigenvalue weighted by Gasteiger charge is -2.42. The van der Waals surface area contributed by atoms with Gasteiger partial charge in [-0.2, -0.15) is 0 Å². The van der Waals surface area contributed by atoms with Crippen LogP contribution in [0.1, 0.15) is 37.9 Å². The van der Waals surface area contributed by atoms with Gasteiger partial charge < -0.3 is 14.6 Å². The summed E-state index contributed by atoms with van der Waals surface area (Å²) in [6.45, 7) is 5.42. The molecular weight excluding hydrogens is 266 g/mol. The second-order valence-corrected chi connectivity index (χ2v) is 5.99. The van der Waals surface area contributed by atoms with Gasteiger partial charge in [-0.3, -0.25) is 4.90 Å². The zero-order chi connectivity index (χ0) is 14.7. The van der Waals surface area contributed by atoms with Gasteiger partial charge in [0.25, 0.3) is 0 Å². The van der Waals surface area contributed by atoms with Crippen molar-refractivity contribution in [1.82, 2.24) is 4.90 Å². The van der Waals surface area contributed by atoms with Gasteiger partial charge in [-0.25, -0.2) is 0 Å². The Hall–Kier alpha value is -1.10. The Morgan fingerprint density at radius 3 is 3.10 bits per heavy atom. The molecule has 0 aliphatic carbocycles. The van der Waals surface area contributed by atoms with Crippen LogP contribution in [0.5, 0.6) is 5.75 Å². The molecular formula is C17H25NO3. The monoisotopic (exact) mass is 291 g/mol. The summed E-state index contributed by atoms with van der Waals surface area (Å²) in [6.07, 6.45) is 3.12. The van der Waals surface area contributed by atoms with E-state index in [9.17, 15) is 5.11 Å². The maximum atomic E-state index is 10.7. The Labute approximate surface area is 126 Å². The van der Waals surface area contributed by atoms with Crippen LogP contribution < -0.4 is 4.74 Å². The lowest BCUT2D eigenvalue weighted by atomic mass is 9.95. The first kappa shape index (κ1) is 14.8. The SMILES string of the molecule is CCCOC1CCCN(C2COc3ccccc3C2O)C1. The summed E-state index contributed by atoms with van der Waals surface area (Å²) in [4.78, 5) is 2.34. The summed E-state index contributed by atoms with van der Waals surface area (Å²) in [7, 11) is 0. The molecule has 0 spiro atoms. The summed E-state index contributed by atoms with van der Waals surface area (Å²) >= 11 is 0. The number of rotatable bonds is 4. The first-order valence-corrected chi connectivity index (χ1v) is 8.05. The van der Waals surface area contributed by atoms with E-state index in [1.807, 2.05) is 24.3 Å². The molecule has 116 valence electrons. The van der Waals surface area contributed by atoms with Crippen molar-refractivity contribution >= 4 is 0 Å². The van der Waals surface area contributed by atoms with Gasteiger partial charge in [-0.1, -0.05) is 25.1 Å². The second-order valence-electron chi connectivity index (χ2n) is 5.99. The number of para-hydroxylation sites is 1. The average Bonchev–Trinajstić information content (AvgIpc) is 2.54. The molecule has 3 atom stereocenters. The van der Waals surface area contributed by atoms with E-state index in [0.717, 1.165) is 50.3 Å². The van der Waals surface area contributed by atoms with Crippen LogP contribution in [0.2, 0.25) is 0 Å². The first-order valence-electron chi connectivity index (χ1n) is 8.05. The molecule has 1 fully saturated rings. The fourth-order valence-corrected chi connectivity index (χ4v) is 3.32. The van der Waals surface area contributed by atoms with E-state index in [1.54, 1.807) is 0 Å². The zero-order valence-electron chi connectivity index (χ0n) is 12.7. The fourth-order valence-electron chi connectivity index (χ4n) is 3.32. The molecule has 1 aromatic rings. The number of benzene rings is 1. The number of ether oxygens (including phenoxy) is 2. The number of aliphatic hydroxyl groups excluding tert-OH is 1. The Morgan fingerprint density at radius 1 is 1.38 bits per heavy atom. The highest BCUT2D eigenvalue weighted by Crippen LogP contribution is 2.35. The Balaban J connectivity index is 1.67. The van der Waals surface area contributed by atoms with Crippen molar-refractivity contribution in [2.24, 2.45) is 0 Å². The zero-order valence-corrected chi connectivity index (χ0v) is 12.7. The van der Waals surface area contributed by atoms with Crippen molar-refractivity contribution in [1.29, 1.82) is 0 Å². The molecule has 3 rings (SSSR count). The van der Waals surface area contributed by atoms with E-state index < -0.39 is 6.10 Å². The topological polar surface area (TPSA) is 41.9 Å². The van der Waals surface area contributed by atoms with Gasteiger partial charge in [-0.15, -0.1) is 0 Å². The third kappa shape index (κ3) is 3.23. The number of likely N-dealkylation sites (tertiary alicyclic amines) is 1. The highest BCUT2D eigenvalue weighted by molar-refractivity contribution is 5.37.